The van der Waals surface area contributed by atoms with E-state index in [-0.39, 0.29) is 59.6 Å². The summed E-state index contributed by atoms with van der Waals surface area (Å²) in [6.07, 6.45) is -4.02. The van der Waals surface area contributed by atoms with Gasteiger partial charge in [0.25, 0.3) is 11.5 Å². The molecule has 0 saturated heterocycles. The first-order chi connectivity index (χ1) is 23.3. The van der Waals surface area contributed by atoms with Crippen molar-refractivity contribution in [3.63, 3.8) is 0 Å². The molecule has 20 nitrogen and oxygen atoms in total. The molecule has 0 saturated carbocycles. The molecule has 260 valence electrons. The van der Waals surface area contributed by atoms with Crippen LogP contribution < -0.4 is 41.6 Å². The predicted octanol–water partition coefficient (Wildman–Crippen LogP) is 1.24. The number of nitrogens with two attached hydrogens (primary N) is 1. The lowest BCUT2D eigenvalue weighted by molar-refractivity contribution is -0.574. The van der Waals surface area contributed by atoms with Crippen LogP contribution in [0.3, 0.4) is 0 Å². The number of hydrogen-bond donors (Lipinski definition) is 7. The molecule has 1 aromatic heterocycles. The SMILES string of the molecule is COc1ccc(C(OC(=O)N2c3c(nc(N)[nH]c3=O)NCC2CNc2ccc(C(=O)NC(CCC(=O)O)C(=O)O)cc2)[N+](=O)[O-])cc1OC. The maximum atomic E-state index is 13.7. The highest BCUT2D eigenvalue weighted by molar-refractivity contribution is 5.97. The van der Waals surface area contributed by atoms with Crippen molar-refractivity contribution in [2.45, 2.75) is 31.2 Å². The Balaban J connectivity index is 1.54. The van der Waals surface area contributed by atoms with Crippen molar-refractivity contribution in [2.24, 2.45) is 0 Å². The molecule has 3 unspecified atom stereocenters. The Morgan fingerprint density at radius 1 is 1.12 bits per heavy atom. The van der Waals surface area contributed by atoms with E-state index in [2.05, 4.69) is 25.9 Å². The van der Waals surface area contributed by atoms with Crippen LogP contribution in [0.1, 0.15) is 35.0 Å². The molecule has 1 aliphatic heterocycles. The first-order valence-corrected chi connectivity index (χ1v) is 14.4. The van der Waals surface area contributed by atoms with E-state index in [9.17, 15) is 39.2 Å². The summed E-state index contributed by atoms with van der Waals surface area (Å²) in [6, 6.07) is 7.45. The first-order valence-electron chi connectivity index (χ1n) is 14.4. The summed E-state index contributed by atoms with van der Waals surface area (Å²) in [5, 5.41) is 38.5. The molecule has 1 aliphatic rings. The van der Waals surface area contributed by atoms with Gasteiger partial charge < -0.3 is 46.1 Å². The number of rotatable bonds is 14. The monoisotopic (exact) mass is 684 g/mol. The van der Waals surface area contributed by atoms with E-state index in [0.29, 0.717) is 5.69 Å². The van der Waals surface area contributed by atoms with E-state index < -0.39 is 59.2 Å². The number of nitrogens with one attached hydrogen (secondary N) is 4. The number of nitrogens with zero attached hydrogens (tertiary/aromatic N) is 3. The molecule has 0 bridgehead atoms. The minimum Gasteiger partial charge on any atom is -0.493 e. The molecule has 20 heteroatoms. The van der Waals surface area contributed by atoms with Gasteiger partial charge in [-0.15, -0.1) is 0 Å². The molecular formula is C29H32N8O12. The Kier molecular flexibility index (Phi) is 11.0. The number of methoxy groups -OCH3 is 2. The lowest BCUT2D eigenvalue weighted by atomic mass is 10.1. The van der Waals surface area contributed by atoms with Gasteiger partial charge in [-0.2, -0.15) is 4.98 Å². The van der Waals surface area contributed by atoms with Crippen molar-refractivity contribution in [1.29, 1.82) is 0 Å². The van der Waals surface area contributed by atoms with Crippen molar-refractivity contribution >= 4 is 47.1 Å². The molecular weight excluding hydrogens is 652 g/mol. The Morgan fingerprint density at radius 2 is 1.82 bits per heavy atom. The van der Waals surface area contributed by atoms with Gasteiger partial charge in [0.1, 0.15) is 6.04 Å². The Bertz CT molecular complexity index is 1800. The van der Waals surface area contributed by atoms with Crippen LogP contribution in [-0.2, 0) is 14.3 Å². The van der Waals surface area contributed by atoms with Crippen LogP contribution in [0.5, 0.6) is 11.5 Å². The average Bonchev–Trinajstić information content (AvgIpc) is 3.07. The van der Waals surface area contributed by atoms with E-state index in [1.54, 1.807) is 0 Å². The maximum Gasteiger partial charge on any atom is 0.420 e. The number of ether oxygens (including phenoxy) is 3. The fraction of sp³-hybridized carbons (Fsp3) is 0.310. The lowest BCUT2D eigenvalue weighted by Gasteiger charge is -2.36. The van der Waals surface area contributed by atoms with Gasteiger partial charge in [-0.3, -0.25) is 34.4 Å². The minimum absolute atomic E-state index is 0.00209. The van der Waals surface area contributed by atoms with Crippen LogP contribution in [0, 0.1) is 10.1 Å². The zero-order valence-electron chi connectivity index (χ0n) is 26.0. The zero-order valence-corrected chi connectivity index (χ0v) is 26.0. The van der Waals surface area contributed by atoms with Crippen LogP contribution in [0.15, 0.2) is 47.3 Å². The standard InChI is InChI=1S/C29H32N8O12/c1-47-19-9-5-15(11-20(19)48-2)26(37(45)46)49-29(44)36-17(13-32-23-22(36)25(41)35-28(30)34-23)12-31-16-6-3-14(4-7-16)24(40)33-18(27(42)43)8-10-21(38)39/h3-7,9,11,17-18,26,31H,8,10,12-13H2,1-2H3,(H,33,40)(H,38,39)(H,42,43)(H4,30,32,34,35,41). The highest BCUT2D eigenvalue weighted by Crippen LogP contribution is 2.33. The van der Waals surface area contributed by atoms with Crippen molar-refractivity contribution in [1.82, 2.24) is 15.3 Å². The smallest absolute Gasteiger partial charge is 0.420 e. The highest BCUT2D eigenvalue weighted by Gasteiger charge is 2.39. The van der Waals surface area contributed by atoms with Gasteiger partial charge in [-0.05, 0) is 48.9 Å². The fourth-order valence-corrected chi connectivity index (χ4v) is 4.86. The second-order valence-corrected chi connectivity index (χ2v) is 10.4. The Hall–Kier alpha value is -6.60. The zero-order chi connectivity index (χ0) is 35.8. The summed E-state index contributed by atoms with van der Waals surface area (Å²) in [5.41, 5.74) is 5.03. The summed E-state index contributed by atoms with van der Waals surface area (Å²) in [4.78, 5) is 80.0. The Morgan fingerprint density at radius 3 is 2.43 bits per heavy atom. The quantitative estimate of drug-likeness (QED) is 0.0714. The summed E-state index contributed by atoms with van der Waals surface area (Å²) >= 11 is 0. The van der Waals surface area contributed by atoms with Crippen molar-refractivity contribution in [3.8, 4) is 11.5 Å². The number of amides is 2. The van der Waals surface area contributed by atoms with E-state index in [4.69, 9.17) is 25.1 Å². The number of aliphatic carboxylic acids is 2. The van der Waals surface area contributed by atoms with Gasteiger partial charge >= 0.3 is 24.3 Å². The molecule has 2 heterocycles. The third-order valence-electron chi connectivity index (χ3n) is 7.26. The third kappa shape index (κ3) is 8.41. The fourth-order valence-electron chi connectivity index (χ4n) is 4.86. The van der Waals surface area contributed by atoms with E-state index in [1.807, 2.05) is 0 Å². The van der Waals surface area contributed by atoms with Gasteiger partial charge in [-0.1, -0.05) is 0 Å². The number of hydrogen-bond acceptors (Lipinski definition) is 14. The van der Waals surface area contributed by atoms with Gasteiger partial charge in [0.2, 0.25) is 5.95 Å². The molecule has 8 N–H and O–H groups in total. The lowest BCUT2D eigenvalue weighted by Crippen LogP contribution is -2.53. The summed E-state index contributed by atoms with van der Waals surface area (Å²) in [5.74, 6) is -3.20. The average molecular weight is 685 g/mol. The van der Waals surface area contributed by atoms with Crippen LogP contribution in [0.2, 0.25) is 0 Å². The Labute approximate surface area is 276 Å². The van der Waals surface area contributed by atoms with E-state index in [1.165, 1.54) is 56.7 Å². The minimum atomic E-state index is -2.01. The summed E-state index contributed by atoms with van der Waals surface area (Å²) in [7, 11) is 2.71. The van der Waals surface area contributed by atoms with Crippen molar-refractivity contribution in [3.05, 3.63) is 74.1 Å². The number of aromatic amines is 1. The van der Waals surface area contributed by atoms with E-state index >= 15 is 0 Å². The number of fused-ring (bicyclic) bond motifs is 1. The van der Waals surface area contributed by atoms with Gasteiger partial charge in [0.05, 0.1) is 30.7 Å². The first kappa shape index (κ1) is 35.3. The summed E-state index contributed by atoms with van der Waals surface area (Å²) < 4.78 is 15.7. The van der Waals surface area contributed by atoms with Gasteiger partial charge in [-0.25, -0.2) is 9.59 Å². The molecule has 3 atom stereocenters. The number of anilines is 4. The van der Waals surface area contributed by atoms with Crippen LogP contribution in [-0.4, -0.2) is 88.4 Å². The molecule has 2 aromatic carbocycles. The van der Waals surface area contributed by atoms with Crippen molar-refractivity contribution in [2.75, 3.05) is 48.6 Å². The highest BCUT2D eigenvalue weighted by atomic mass is 16.7. The second kappa shape index (κ2) is 15.3. The van der Waals surface area contributed by atoms with E-state index in [0.717, 1.165) is 4.90 Å². The number of benzene rings is 2. The van der Waals surface area contributed by atoms with Crippen LogP contribution >= 0.6 is 0 Å². The van der Waals surface area contributed by atoms with Crippen molar-refractivity contribution < 1.29 is 48.5 Å². The number of carbonyl (C=O) groups is 4. The number of H-pyrrole nitrogens is 1. The summed E-state index contributed by atoms with van der Waals surface area (Å²) in [6.45, 7) is -0.0510. The number of carboxylic acids is 2. The molecule has 0 aliphatic carbocycles. The molecule has 49 heavy (non-hydrogen) atoms. The molecule has 2 amide bonds. The number of carboxylic acid groups (broad SMARTS) is 2. The maximum absolute atomic E-state index is 13.7. The van der Waals surface area contributed by atoms with Gasteiger partial charge in [0, 0.05) is 30.8 Å². The molecule has 0 fully saturated rings. The number of carbonyl (C=O) groups excluding carboxylic acids is 2. The third-order valence-corrected chi connectivity index (χ3v) is 7.26. The molecule has 0 spiro atoms. The molecule has 4 rings (SSSR count). The van der Waals surface area contributed by atoms with Gasteiger partial charge in [0.15, 0.2) is 23.0 Å². The van der Waals surface area contributed by atoms with Crippen LogP contribution in [0.4, 0.5) is 27.9 Å². The topological polar surface area (TPSA) is 291 Å². The molecule has 0 radical (unpaired) electrons. The number of nitrogen functional groups attached to an aromatic ring is 1. The number of aromatic nitrogens is 2. The second-order valence-electron chi connectivity index (χ2n) is 10.4. The molecule has 3 aromatic rings. The largest absolute Gasteiger partial charge is 0.493 e. The predicted molar refractivity (Wildman–Crippen MR) is 170 cm³/mol. The number of nitro groups is 1. The normalized spacial score (nSPS) is 14.7. The van der Waals surface area contributed by atoms with Crippen LogP contribution in [0.25, 0.3) is 0 Å².